The quantitative estimate of drug-likeness (QED) is 0.334. The Morgan fingerprint density at radius 2 is 2.00 bits per heavy atom. The van der Waals surface area contributed by atoms with E-state index < -0.39 is 0 Å². The van der Waals surface area contributed by atoms with Crippen molar-refractivity contribution < 1.29 is 4.74 Å². The van der Waals surface area contributed by atoms with E-state index in [9.17, 15) is 0 Å². The first kappa shape index (κ1) is 24.0. The van der Waals surface area contributed by atoms with Crippen molar-refractivity contribution in [2.45, 2.75) is 52.5 Å². The summed E-state index contributed by atoms with van der Waals surface area (Å²) >= 11 is 0. The van der Waals surface area contributed by atoms with Crippen LogP contribution in [0.15, 0.2) is 23.2 Å². The Morgan fingerprint density at radius 1 is 1.26 bits per heavy atom. The number of hydrogen-bond donors (Lipinski definition) is 2. The normalized spacial score (nSPS) is 15.9. The maximum Gasteiger partial charge on any atom is 0.191 e. The van der Waals surface area contributed by atoms with Crippen molar-refractivity contribution in [3.05, 3.63) is 29.3 Å². The highest BCUT2D eigenvalue weighted by Crippen LogP contribution is 2.20. The first-order chi connectivity index (χ1) is 12.7. The van der Waals surface area contributed by atoms with Gasteiger partial charge >= 0.3 is 0 Å². The van der Waals surface area contributed by atoms with E-state index in [-0.39, 0.29) is 24.0 Å². The summed E-state index contributed by atoms with van der Waals surface area (Å²) in [7, 11) is 1.73. The Balaban J connectivity index is 0.00000364. The standard InChI is InChI=1S/C21H36N4O.HI/c1-5-13-25-14-10-19(11-15-25)24-21(22-6-2)23-12-9-18-16-17(3)7-8-20(18)26-4;/h7-8,16,19H,5-6,9-15H2,1-4H3,(H2,22,23,24);1H. The second kappa shape index (κ2) is 13.2. The molecule has 0 spiro atoms. The van der Waals surface area contributed by atoms with Gasteiger partial charge in [0.15, 0.2) is 5.96 Å². The Morgan fingerprint density at radius 3 is 2.63 bits per heavy atom. The number of nitrogens with one attached hydrogen (secondary N) is 2. The number of hydrogen-bond acceptors (Lipinski definition) is 3. The number of benzene rings is 1. The molecule has 1 aliphatic heterocycles. The molecule has 2 rings (SSSR count). The summed E-state index contributed by atoms with van der Waals surface area (Å²) in [5.41, 5.74) is 2.48. The van der Waals surface area contributed by atoms with E-state index >= 15 is 0 Å². The van der Waals surface area contributed by atoms with Crippen LogP contribution in [0.2, 0.25) is 0 Å². The first-order valence-corrected chi connectivity index (χ1v) is 10.1. The van der Waals surface area contributed by atoms with Gasteiger partial charge in [-0.2, -0.15) is 0 Å². The fourth-order valence-electron chi connectivity index (χ4n) is 3.52. The lowest BCUT2D eigenvalue weighted by atomic mass is 10.1. The second-order valence-electron chi connectivity index (χ2n) is 7.09. The molecular weight excluding hydrogens is 451 g/mol. The molecule has 1 heterocycles. The van der Waals surface area contributed by atoms with Gasteiger partial charge in [-0.1, -0.05) is 24.6 Å². The van der Waals surface area contributed by atoms with Gasteiger partial charge in [-0.15, -0.1) is 24.0 Å². The predicted octanol–water partition coefficient (Wildman–Crippen LogP) is 3.59. The molecule has 0 saturated carbocycles. The van der Waals surface area contributed by atoms with Crippen LogP contribution in [0.5, 0.6) is 5.75 Å². The number of halogens is 1. The van der Waals surface area contributed by atoms with Crippen molar-refractivity contribution in [1.82, 2.24) is 15.5 Å². The Kier molecular flexibility index (Phi) is 11.7. The van der Waals surface area contributed by atoms with Crippen molar-refractivity contribution in [3.8, 4) is 5.75 Å². The Bertz CT molecular complexity index is 571. The lowest BCUT2D eigenvalue weighted by molar-refractivity contribution is 0.206. The summed E-state index contributed by atoms with van der Waals surface area (Å²) in [6.07, 6.45) is 4.51. The van der Waals surface area contributed by atoms with Crippen LogP contribution in [0.1, 0.15) is 44.2 Å². The van der Waals surface area contributed by atoms with Crippen LogP contribution in [0, 0.1) is 6.92 Å². The van der Waals surface area contributed by atoms with Gasteiger partial charge in [0.05, 0.1) is 7.11 Å². The molecule has 2 N–H and O–H groups in total. The molecule has 6 heteroatoms. The molecule has 27 heavy (non-hydrogen) atoms. The maximum absolute atomic E-state index is 5.47. The van der Waals surface area contributed by atoms with Gasteiger partial charge in [-0.05, 0) is 57.7 Å². The van der Waals surface area contributed by atoms with Crippen molar-refractivity contribution >= 4 is 29.9 Å². The Labute approximate surface area is 182 Å². The lowest BCUT2D eigenvalue weighted by Crippen LogP contribution is -2.48. The molecule has 1 aliphatic rings. The van der Waals surface area contributed by atoms with Crippen molar-refractivity contribution in [3.63, 3.8) is 0 Å². The van der Waals surface area contributed by atoms with Crippen LogP contribution in [0.4, 0.5) is 0 Å². The average molecular weight is 488 g/mol. The third kappa shape index (κ3) is 8.25. The molecule has 1 fully saturated rings. The number of rotatable bonds is 8. The maximum atomic E-state index is 5.47. The summed E-state index contributed by atoms with van der Waals surface area (Å²) in [6.45, 7) is 11.7. The van der Waals surface area contributed by atoms with Crippen LogP contribution in [0.3, 0.4) is 0 Å². The number of likely N-dealkylation sites (tertiary alicyclic amines) is 1. The highest BCUT2D eigenvalue weighted by molar-refractivity contribution is 14.0. The minimum Gasteiger partial charge on any atom is -0.496 e. The van der Waals surface area contributed by atoms with Crippen molar-refractivity contribution in [2.24, 2.45) is 4.99 Å². The van der Waals surface area contributed by atoms with Crippen LogP contribution < -0.4 is 15.4 Å². The van der Waals surface area contributed by atoms with E-state index in [0.717, 1.165) is 31.2 Å². The number of methoxy groups -OCH3 is 1. The summed E-state index contributed by atoms with van der Waals surface area (Å²) in [5.74, 6) is 1.89. The zero-order valence-corrected chi connectivity index (χ0v) is 19.7. The highest BCUT2D eigenvalue weighted by Gasteiger charge is 2.19. The average Bonchev–Trinajstić information content (AvgIpc) is 2.64. The zero-order valence-electron chi connectivity index (χ0n) is 17.4. The number of ether oxygens (including phenoxy) is 1. The lowest BCUT2D eigenvalue weighted by Gasteiger charge is -2.32. The van der Waals surface area contributed by atoms with E-state index in [4.69, 9.17) is 9.73 Å². The van der Waals surface area contributed by atoms with E-state index in [2.05, 4.69) is 48.4 Å². The number of guanidine groups is 1. The fraction of sp³-hybridized carbons (Fsp3) is 0.667. The number of piperidine rings is 1. The molecule has 0 bridgehead atoms. The largest absolute Gasteiger partial charge is 0.496 e. The van der Waals surface area contributed by atoms with Gasteiger partial charge in [0.1, 0.15) is 5.75 Å². The molecule has 0 amide bonds. The van der Waals surface area contributed by atoms with Crippen LogP contribution in [0.25, 0.3) is 0 Å². The predicted molar refractivity (Wildman–Crippen MR) is 126 cm³/mol. The van der Waals surface area contributed by atoms with E-state index in [1.165, 1.54) is 50.0 Å². The zero-order chi connectivity index (χ0) is 18.8. The van der Waals surface area contributed by atoms with Crippen LogP contribution in [-0.4, -0.2) is 56.7 Å². The van der Waals surface area contributed by atoms with Gasteiger partial charge in [-0.3, -0.25) is 4.99 Å². The first-order valence-electron chi connectivity index (χ1n) is 10.1. The fourth-order valence-corrected chi connectivity index (χ4v) is 3.52. The van der Waals surface area contributed by atoms with E-state index in [0.29, 0.717) is 6.04 Å². The van der Waals surface area contributed by atoms with Crippen molar-refractivity contribution in [1.29, 1.82) is 0 Å². The molecule has 0 radical (unpaired) electrons. The molecule has 154 valence electrons. The smallest absolute Gasteiger partial charge is 0.191 e. The monoisotopic (exact) mass is 488 g/mol. The summed E-state index contributed by atoms with van der Waals surface area (Å²) in [6, 6.07) is 6.84. The summed E-state index contributed by atoms with van der Waals surface area (Å²) in [5, 5.41) is 7.01. The third-order valence-electron chi connectivity index (χ3n) is 4.90. The number of nitrogens with zero attached hydrogens (tertiary/aromatic N) is 2. The summed E-state index contributed by atoms with van der Waals surface area (Å²) < 4.78 is 5.47. The third-order valence-corrected chi connectivity index (χ3v) is 4.90. The van der Waals surface area contributed by atoms with E-state index in [1.807, 2.05) is 6.07 Å². The molecule has 1 saturated heterocycles. The van der Waals surface area contributed by atoms with Gasteiger partial charge < -0.3 is 20.3 Å². The van der Waals surface area contributed by atoms with E-state index in [1.54, 1.807) is 7.11 Å². The molecular formula is C21H37IN4O. The SMILES string of the molecule is CCCN1CCC(NC(=NCCc2cc(C)ccc2OC)NCC)CC1.I. The summed E-state index contributed by atoms with van der Waals surface area (Å²) in [4.78, 5) is 7.35. The molecule has 0 unspecified atom stereocenters. The molecule has 0 aliphatic carbocycles. The molecule has 1 aromatic rings. The van der Waals surface area contributed by atoms with Crippen LogP contribution >= 0.6 is 24.0 Å². The minimum absolute atomic E-state index is 0. The second-order valence-corrected chi connectivity index (χ2v) is 7.09. The van der Waals surface area contributed by atoms with Gasteiger partial charge in [0.25, 0.3) is 0 Å². The minimum atomic E-state index is 0. The van der Waals surface area contributed by atoms with Gasteiger partial charge in [-0.25, -0.2) is 0 Å². The van der Waals surface area contributed by atoms with Crippen molar-refractivity contribution in [2.75, 3.05) is 39.8 Å². The van der Waals surface area contributed by atoms with Gasteiger partial charge in [0, 0.05) is 32.2 Å². The molecule has 0 atom stereocenters. The molecule has 0 aromatic heterocycles. The molecule has 5 nitrogen and oxygen atoms in total. The van der Waals surface area contributed by atoms with Crippen LogP contribution in [-0.2, 0) is 6.42 Å². The Hall–Kier alpha value is -1.02. The highest BCUT2D eigenvalue weighted by atomic mass is 127. The van der Waals surface area contributed by atoms with Gasteiger partial charge in [0.2, 0.25) is 0 Å². The topological polar surface area (TPSA) is 48.9 Å². The number of aryl methyl sites for hydroxylation is 1. The number of aliphatic imine (C=N–C) groups is 1. The molecule has 1 aromatic carbocycles.